The van der Waals surface area contributed by atoms with Gasteiger partial charge in [0.2, 0.25) is 5.95 Å². The third kappa shape index (κ3) is 5.96. The van der Waals surface area contributed by atoms with Crippen LogP contribution in [0.2, 0.25) is 0 Å². The van der Waals surface area contributed by atoms with Gasteiger partial charge in [-0.25, -0.2) is 19.6 Å². The molecule has 214 valence electrons. The quantitative estimate of drug-likeness (QED) is 0.241. The number of nitrogens with two attached hydrogens (primary N) is 2. The predicted molar refractivity (Wildman–Crippen MR) is 152 cm³/mol. The lowest BCUT2D eigenvalue weighted by atomic mass is 9.72. The summed E-state index contributed by atoms with van der Waals surface area (Å²) in [6.45, 7) is 10.9. The molecule has 13 heteroatoms. The minimum atomic E-state index is -1.06. The van der Waals surface area contributed by atoms with Crippen LogP contribution in [0, 0.1) is 11.3 Å². The molecule has 12 nitrogen and oxygen atoms in total. The van der Waals surface area contributed by atoms with Crippen LogP contribution in [0.3, 0.4) is 0 Å². The smallest absolute Gasteiger partial charge is 0.410 e. The van der Waals surface area contributed by atoms with E-state index in [0.29, 0.717) is 60.2 Å². The number of anilines is 2. The molecule has 0 spiro atoms. The third-order valence-electron chi connectivity index (χ3n) is 7.09. The van der Waals surface area contributed by atoms with Gasteiger partial charge >= 0.3 is 12.1 Å². The van der Waals surface area contributed by atoms with Crippen LogP contribution in [0.25, 0.3) is 0 Å². The summed E-state index contributed by atoms with van der Waals surface area (Å²) < 4.78 is 5.55. The Balaban J connectivity index is 1.48. The second kappa shape index (κ2) is 11.3. The van der Waals surface area contributed by atoms with E-state index < -0.39 is 17.0 Å². The number of hydrogen-bond donors (Lipinski definition) is 2. The van der Waals surface area contributed by atoms with E-state index in [0.717, 1.165) is 17.7 Å². The molecular weight excluding hydrogens is 532 g/mol. The molecule has 2 aliphatic rings. The second-order valence-corrected chi connectivity index (χ2v) is 12.5. The second-order valence-electron chi connectivity index (χ2n) is 11.4. The lowest BCUT2D eigenvalue weighted by Gasteiger charge is -2.31. The number of oxime groups is 1. The molecule has 2 atom stereocenters. The zero-order valence-electron chi connectivity index (χ0n) is 23.6. The van der Waals surface area contributed by atoms with E-state index >= 15 is 0 Å². The van der Waals surface area contributed by atoms with Gasteiger partial charge in [0.1, 0.15) is 22.4 Å². The van der Waals surface area contributed by atoms with Crippen LogP contribution < -0.4 is 16.4 Å². The highest BCUT2D eigenvalue weighted by atomic mass is 32.1. The standard InChI is InChI=1S/C27H36N8O4S/c1-16-15-34(25(37)38-26(2,3)4)12-7-13-35(16)24-31-11-9-18(32-24)21(29)33-39-23(36)27(5)10-6-8-19-20(27)17(14-28)22(30)40-19/h9,11,16H,6-8,10,12-13,15,30H2,1-5H3,(H2,29,33)/t16-,27-/m0/s1. The van der Waals surface area contributed by atoms with E-state index in [1.807, 2.05) is 32.6 Å². The fourth-order valence-electron chi connectivity index (χ4n) is 5.12. The predicted octanol–water partition coefficient (Wildman–Crippen LogP) is 3.29. The molecule has 0 aromatic carbocycles. The number of nitrogen functional groups attached to an aromatic ring is 1. The number of fused-ring (bicyclic) bond motifs is 1. The summed E-state index contributed by atoms with van der Waals surface area (Å²) in [7, 11) is 0. The SMILES string of the molecule is C[C@H]1CN(C(=O)OC(C)(C)C)CCCN1c1nccc(/C(N)=N/OC(=O)[C@@]2(C)CCCc3sc(N)c(C#N)c32)n1. The van der Waals surface area contributed by atoms with E-state index in [1.54, 1.807) is 24.1 Å². The van der Waals surface area contributed by atoms with Crippen molar-refractivity contribution in [3.05, 3.63) is 34.0 Å². The summed E-state index contributed by atoms with van der Waals surface area (Å²) in [6, 6.07) is 3.63. The van der Waals surface area contributed by atoms with Gasteiger partial charge in [-0.1, -0.05) is 5.16 Å². The van der Waals surface area contributed by atoms with Gasteiger partial charge in [-0.15, -0.1) is 11.3 Å². The van der Waals surface area contributed by atoms with E-state index in [1.165, 1.54) is 11.3 Å². The Kier molecular flexibility index (Phi) is 8.20. The first kappa shape index (κ1) is 29.1. The van der Waals surface area contributed by atoms with E-state index in [2.05, 4.69) is 21.2 Å². The zero-order valence-corrected chi connectivity index (χ0v) is 24.4. The van der Waals surface area contributed by atoms with Crippen molar-refractivity contribution >= 4 is 40.2 Å². The Bertz CT molecular complexity index is 1360. The highest BCUT2D eigenvalue weighted by Gasteiger charge is 2.45. The van der Waals surface area contributed by atoms with Gasteiger partial charge in [0, 0.05) is 42.3 Å². The van der Waals surface area contributed by atoms with Gasteiger partial charge in [-0.2, -0.15) is 5.26 Å². The van der Waals surface area contributed by atoms with Gasteiger partial charge in [-0.3, -0.25) is 0 Å². The fraction of sp³-hybridized carbons (Fsp3) is 0.556. The molecule has 0 unspecified atom stereocenters. The van der Waals surface area contributed by atoms with Gasteiger partial charge in [0.15, 0.2) is 5.84 Å². The van der Waals surface area contributed by atoms with Crippen molar-refractivity contribution in [2.75, 3.05) is 30.3 Å². The topological polar surface area (TPSA) is 173 Å². The molecule has 1 amide bonds. The molecule has 1 aliphatic heterocycles. The van der Waals surface area contributed by atoms with E-state index in [-0.39, 0.29) is 18.0 Å². The van der Waals surface area contributed by atoms with Crippen LogP contribution in [0.4, 0.5) is 15.7 Å². The average molecular weight is 569 g/mol. The van der Waals surface area contributed by atoms with Crippen molar-refractivity contribution < 1.29 is 19.2 Å². The average Bonchev–Trinajstić information content (AvgIpc) is 3.10. The minimum absolute atomic E-state index is 0.0835. The third-order valence-corrected chi connectivity index (χ3v) is 8.17. The van der Waals surface area contributed by atoms with E-state index in [4.69, 9.17) is 21.0 Å². The Morgan fingerprint density at radius 2 is 2.05 bits per heavy atom. The van der Waals surface area contributed by atoms with Crippen LogP contribution in [-0.2, 0) is 26.2 Å². The van der Waals surface area contributed by atoms with Crippen LogP contribution in [0.5, 0.6) is 0 Å². The Labute approximate surface area is 237 Å². The number of thiophene rings is 1. The number of amidine groups is 1. The van der Waals surface area contributed by atoms with Crippen molar-refractivity contribution in [2.45, 2.75) is 77.4 Å². The molecule has 2 aromatic rings. The number of rotatable bonds is 4. The molecule has 1 saturated heterocycles. The minimum Gasteiger partial charge on any atom is -0.444 e. The van der Waals surface area contributed by atoms with Crippen molar-refractivity contribution in [3.8, 4) is 6.07 Å². The number of nitrogens with zero attached hydrogens (tertiary/aromatic N) is 6. The van der Waals surface area contributed by atoms with Crippen molar-refractivity contribution in [1.29, 1.82) is 5.26 Å². The summed E-state index contributed by atoms with van der Waals surface area (Å²) >= 11 is 1.34. The van der Waals surface area contributed by atoms with Crippen molar-refractivity contribution in [3.63, 3.8) is 0 Å². The highest BCUT2D eigenvalue weighted by Crippen LogP contribution is 2.46. The first-order valence-corrected chi connectivity index (χ1v) is 14.1. The Hall–Kier alpha value is -3.92. The number of hydrogen-bond acceptors (Lipinski definition) is 11. The number of aryl methyl sites for hydroxylation is 1. The Morgan fingerprint density at radius 1 is 1.30 bits per heavy atom. The number of nitriles is 1. The van der Waals surface area contributed by atoms with Gasteiger partial charge in [0.05, 0.1) is 11.0 Å². The monoisotopic (exact) mass is 568 g/mol. The van der Waals surface area contributed by atoms with Gasteiger partial charge in [-0.05, 0) is 66.4 Å². The lowest BCUT2D eigenvalue weighted by molar-refractivity contribution is -0.150. The molecule has 3 heterocycles. The van der Waals surface area contributed by atoms with Crippen LogP contribution in [0.1, 0.15) is 75.6 Å². The maximum absolute atomic E-state index is 13.2. The number of aromatic nitrogens is 2. The normalized spacial score (nSPS) is 21.7. The summed E-state index contributed by atoms with van der Waals surface area (Å²) in [6.07, 6.45) is 3.94. The summed E-state index contributed by atoms with van der Waals surface area (Å²) in [4.78, 5) is 44.8. The molecule has 4 rings (SSSR count). The first-order valence-electron chi connectivity index (χ1n) is 13.3. The molecule has 0 bridgehead atoms. The van der Waals surface area contributed by atoms with Crippen LogP contribution >= 0.6 is 11.3 Å². The molecule has 0 saturated carbocycles. The molecule has 1 aliphatic carbocycles. The molecule has 40 heavy (non-hydrogen) atoms. The number of ether oxygens (including phenoxy) is 1. The number of amides is 1. The summed E-state index contributed by atoms with van der Waals surface area (Å²) in [5.74, 6) is -0.264. The van der Waals surface area contributed by atoms with Crippen molar-refractivity contribution in [2.24, 2.45) is 10.9 Å². The van der Waals surface area contributed by atoms with Crippen molar-refractivity contribution in [1.82, 2.24) is 14.9 Å². The number of carbonyl (C=O) groups excluding carboxylic acids is 2. The Morgan fingerprint density at radius 3 is 2.75 bits per heavy atom. The maximum atomic E-state index is 13.2. The van der Waals surface area contributed by atoms with Crippen LogP contribution in [0.15, 0.2) is 17.4 Å². The van der Waals surface area contributed by atoms with Crippen LogP contribution in [-0.4, -0.2) is 64.0 Å². The van der Waals surface area contributed by atoms with E-state index in [9.17, 15) is 14.9 Å². The molecule has 1 fully saturated rings. The summed E-state index contributed by atoms with van der Waals surface area (Å²) in [5, 5.41) is 13.9. The number of carbonyl (C=O) groups is 2. The van der Waals surface area contributed by atoms with Gasteiger partial charge in [0.25, 0.3) is 0 Å². The highest BCUT2D eigenvalue weighted by molar-refractivity contribution is 7.16. The maximum Gasteiger partial charge on any atom is 0.410 e. The molecule has 4 N–H and O–H groups in total. The zero-order chi connectivity index (χ0) is 29.2. The molecular formula is C27H36N8O4S. The molecule has 2 aromatic heterocycles. The summed E-state index contributed by atoms with van der Waals surface area (Å²) in [5.41, 5.74) is 11.8. The largest absolute Gasteiger partial charge is 0.444 e. The first-order chi connectivity index (χ1) is 18.8. The van der Waals surface area contributed by atoms with Gasteiger partial charge < -0.3 is 30.8 Å². The fourth-order valence-corrected chi connectivity index (χ4v) is 6.31. The molecule has 0 radical (unpaired) electrons. The lowest BCUT2D eigenvalue weighted by Crippen LogP contribution is -2.43.